The molecule has 142 valence electrons. The van der Waals surface area contributed by atoms with Crippen LogP contribution >= 0.6 is 0 Å². The number of ether oxygens (including phenoxy) is 2. The van der Waals surface area contributed by atoms with E-state index in [0.29, 0.717) is 18.9 Å². The van der Waals surface area contributed by atoms with E-state index < -0.39 is 5.97 Å². The van der Waals surface area contributed by atoms with Crippen LogP contribution in [0.1, 0.15) is 17.5 Å². The first-order valence-corrected chi connectivity index (χ1v) is 9.02. The maximum atomic E-state index is 12.0. The molecule has 1 atom stereocenters. The van der Waals surface area contributed by atoms with Crippen molar-refractivity contribution in [3.63, 3.8) is 0 Å². The molecule has 3 rings (SSSR count). The number of hydrogen-bond acceptors (Lipinski definition) is 4. The number of carbonyl (C=O) groups is 2. The van der Waals surface area contributed by atoms with E-state index in [-0.39, 0.29) is 18.7 Å². The van der Waals surface area contributed by atoms with Crippen LogP contribution in [-0.4, -0.2) is 47.9 Å². The van der Waals surface area contributed by atoms with Gasteiger partial charge in [0, 0.05) is 6.54 Å². The topological polar surface area (TPSA) is 76.1 Å². The molecule has 1 aliphatic rings. The highest BCUT2D eigenvalue weighted by Gasteiger charge is 2.32. The van der Waals surface area contributed by atoms with Crippen LogP contribution in [0.15, 0.2) is 54.6 Å². The minimum absolute atomic E-state index is 0.0603. The molecule has 1 heterocycles. The highest BCUT2D eigenvalue weighted by Crippen LogP contribution is 2.19. The largest absolute Gasteiger partial charge is 0.482 e. The quantitative estimate of drug-likeness (QED) is 0.735. The van der Waals surface area contributed by atoms with E-state index in [0.717, 1.165) is 24.8 Å². The zero-order chi connectivity index (χ0) is 19.1. The third kappa shape index (κ3) is 5.48. The monoisotopic (exact) mass is 369 g/mol. The smallest absolute Gasteiger partial charge is 0.410 e. The fraction of sp³-hybridized carbons (Fsp3) is 0.333. The molecule has 6 heteroatoms. The van der Waals surface area contributed by atoms with Crippen LogP contribution in [0.25, 0.3) is 0 Å². The second-order valence-corrected chi connectivity index (χ2v) is 6.55. The first-order chi connectivity index (χ1) is 13.1. The number of nitrogens with zero attached hydrogens (tertiary/aromatic N) is 1. The van der Waals surface area contributed by atoms with Crippen LogP contribution in [0.3, 0.4) is 0 Å². The molecular formula is C21H23NO5. The second-order valence-electron chi connectivity index (χ2n) is 6.55. The number of carboxylic acid groups (broad SMARTS) is 1. The van der Waals surface area contributed by atoms with Crippen LogP contribution in [0.5, 0.6) is 5.75 Å². The molecule has 1 N–H and O–H groups in total. The second kappa shape index (κ2) is 9.07. The Morgan fingerprint density at radius 1 is 1.15 bits per heavy atom. The van der Waals surface area contributed by atoms with Gasteiger partial charge in [0.1, 0.15) is 12.4 Å². The molecule has 0 radical (unpaired) electrons. The Balaban J connectivity index is 1.52. The number of carboxylic acids is 1. The van der Waals surface area contributed by atoms with Crippen molar-refractivity contribution in [3.05, 3.63) is 65.7 Å². The van der Waals surface area contributed by atoms with Gasteiger partial charge in [-0.1, -0.05) is 42.5 Å². The van der Waals surface area contributed by atoms with Crippen LogP contribution in [0.4, 0.5) is 4.79 Å². The first kappa shape index (κ1) is 18.8. The third-order valence-corrected chi connectivity index (χ3v) is 4.51. The summed E-state index contributed by atoms with van der Waals surface area (Å²) in [6.45, 7) is 0.688. The molecule has 1 saturated heterocycles. The van der Waals surface area contributed by atoms with Crippen LogP contribution in [0, 0.1) is 0 Å². The Labute approximate surface area is 158 Å². The average Bonchev–Trinajstić information content (AvgIpc) is 3.01. The predicted molar refractivity (Wildman–Crippen MR) is 99.9 cm³/mol. The van der Waals surface area contributed by atoms with Gasteiger partial charge < -0.3 is 19.5 Å². The number of aliphatic carboxylic acids is 1. The molecular weight excluding hydrogens is 346 g/mol. The Morgan fingerprint density at radius 3 is 2.70 bits per heavy atom. The van der Waals surface area contributed by atoms with Crippen molar-refractivity contribution >= 4 is 12.1 Å². The lowest BCUT2D eigenvalue weighted by atomic mass is 10.1. The summed E-state index contributed by atoms with van der Waals surface area (Å²) < 4.78 is 10.4. The van der Waals surface area contributed by atoms with E-state index in [1.165, 1.54) is 5.56 Å². The van der Waals surface area contributed by atoms with Crippen molar-refractivity contribution in [2.75, 3.05) is 19.8 Å². The van der Waals surface area contributed by atoms with Crippen molar-refractivity contribution in [1.29, 1.82) is 0 Å². The van der Waals surface area contributed by atoms with E-state index in [1.54, 1.807) is 11.0 Å². The van der Waals surface area contributed by atoms with Crippen molar-refractivity contribution in [2.45, 2.75) is 25.3 Å². The summed E-state index contributed by atoms with van der Waals surface area (Å²) in [6.07, 6.45) is 2.09. The van der Waals surface area contributed by atoms with Crippen molar-refractivity contribution in [3.8, 4) is 5.75 Å². The summed E-state index contributed by atoms with van der Waals surface area (Å²) >= 11 is 0. The summed E-state index contributed by atoms with van der Waals surface area (Å²) in [4.78, 5) is 24.4. The fourth-order valence-electron chi connectivity index (χ4n) is 3.21. The summed E-state index contributed by atoms with van der Waals surface area (Å²) in [5, 5.41) is 8.69. The summed E-state index contributed by atoms with van der Waals surface area (Å²) in [6, 6.07) is 17.5. The van der Waals surface area contributed by atoms with Gasteiger partial charge >= 0.3 is 12.1 Å². The number of aryl methyl sites for hydroxylation is 1. The van der Waals surface area contributed by atoms with Gasteiger partial charge in [0.05, 0.1) is 6.04 Å². The average molecular weight is 369 g/mol. The van der Waals surface area contributed by atoms with Crippen LogP contribution in [-0.2, 0) is 22.4 Å². The Morgan fingerprint density at radius 2 is 1.93 bits per heavy atom. The van der Waals surface area contributed by atoms with Crippen molar-refractivity contribution < 1.29 is 24.2 Å². The summed E-state index contributed by atoms with van der Waals surface area (Å²) in [5.74, 6) is -0.463. The van der Waals surface area contributed by atoms with E-state index in [2.05, 4.69) is 12.1 Å². The molecule has 0 bridgehead atoms. The van der Waals surface area contributed by atoms with Crippen LogP contribution < -0.4 is 4.74 Å². The lowest BCUT2D eigenvalue weighted by Gasteiger charge is -2.21. The Bertz CT molecular complexity index is 777. The minimum atomic E-state index is -1.00. The van der Waals surface area contributed by atoms with Gasteiger partial charge in [-0.3, -0.25) is 0 Å². The molecule has 0 aliphatic carbocycles. The van der Waals surface area contributed by atoms with Crippen molar-refractivity contribution in [2.24, 2.45) is 0 Å². The molecule has 0 unspecified atom stereocenters. The molecule has 1 amide bonds. The molecule has 2 aromatic rings. The molecule has 0 spiro atoms. The molecule has 0 saturated carbocycles. The summed E-state index contributed by atoms with van der Waals surface area (Å²) in [5.41, 5.74) is 2.24. The maximum absolute atomic E-state index is 12.0. The number of benzene rings is 2. The van der Waals surface area contributed by atoms with E-state index in [9.17, 15) is 9.59 Å². The Kier molecular flexibility index (Phi) is 6.30. The number of carbonyl (C=O) groups excluding carboxylic acids is 1. The van der Waals surface area contributed by atoms with Gasteiger partial charge in [-0.2, -0.15) is 0 Å². The van der Waals surface area contributed by atoms with Gasteiger partial charge in [0.25, 0.3) is 0 Å². The van der Waals surface area contributed by atoms with Crippen LogP contribution in [0.2, 0.25) is 0 Å². The zero-order valence-electron chi connectivity index (χ0n) is 15.0. The Hall–Kier alpha value is -3.02. The molecule has 6 nitrogen and oxygen atoms in total. The summed E-state index contributed by atoms with van der Waals surface area (Å²) in [7, 11) is 0. The highest BCUT2D eigenvalue weighted by atomic mass is 16.6. The van der Waals surface area contributed by atoms with Gasteiger partial charge in [0.2, 0.25) is 0 Å². The maximum Gasteiger partial charge on any atom is 0.410 e. The predicted octanol–water partition coefficient (Wildman–Crippen LogP) is 3.15. The van der Waals surface area contributed by atoms with Crippen molar-refractivity contribution in [1.82, 2.24) is 4.90 Å². The fourth-order valence-corrected chi connectivity index (χ4v) is 3.21. The lowest BCUT2D eigenvalue weighted by molar-refractivity contribution is -0.139. The first-order valence-electron chi connectivity index (χ1n) is 9.02. The highest BCUT2D eigenvalue weighted by molar-refractivity contribution is 5.70. The van der Waals surface area contributed by atoms with E-state index in [1.807, 2.05) is 36.4 Å². The number of rotatable bonds is 9. The molecule has 27 heavy (non-hydrogen) atoms. The number of amides is 1. The van der Waals surface area contributed by atoms with Gasteiger partial charge in [-0.15, -0.1) is 0 Å². The molecule has 2 aromatic carbocycles. The van der Waals surface area contributed by atoms with Gasteiger partial charge in [0.15, 0.2) is 6.61 Å². The minimum Gasteiger partial charge on any atom is -0.482 e. The standard InChI is InChI=1S/C21H23NO5/c23-20(24)15-26-19-10-4-8-17(13-19)9-5-11-22-18(14-27-21(22)25)12-16-6-2-1-3-7-16/h1-4,6-8,10,13,18H,5,9,11-12,14-15H2,(H,23,24)/t18-/m0/s1. The SMILES string of the molecule is O=C(O)COc1cccc(CCCN2C(=O)OC[C@@H]2Cc2ccccc2)c1. The van der Waals surface area contributed by atoms with E-state index in [4.69, 9.17) is 14.6 Å². The number of cyclic esters (lactones) is 1. The number of hydrogen-bond donors (Lipinski definition) is 1. The molecule has 0 aromatic heterocycles. The normalized spacial score (nSPS) is 16.2. The van der Waals surface area contributed by atoms with Gasteiger partial charge in [-0.25, -0.2) is 9.59 Å². The third-order valence-electron chi connectivity index (χ3n) is 4.51. The molecule has 1 fully saturated rings. The zero-order valence-corrected chi connectivity index (χ0v) is 15.0. The lowest BCUT2D eigenvalue weighted by Crippen LogP contribution is -2.36. The van der Waals surface area contributed by atoms with E-state index >= 15 is 0 Å². The molecule has 1 aliphatic heterocycles. The van der Waals surface area contributed by atoms with Gasteiger partial charge in [-0.05, 0) is 42.5 Å².